The van der Waals surface area contributed by atoms with Gasteiger partial charge in [-0.05, 0) is 39.3 Å². The van der Waals surface area contributed by atoms with Gasteiger partial charge in [0.25, 0.3) is 0 Å². The van der Waals surface area contributed by atoms with Gasteiger partial charge in [0, 0.05) is 35.8 Å². The van der Waals surface area contributed by atoms with Gasteiger partial charge in [0.15, 0.2) is 0 Å². The van der Waals surface area contributed by atoms with E-state index in [1.54, 1.807) is 16.7 Å². The Morgan fingerprint density at radius 2 is 2.12 bits per heavy atom. The van der Waals surface area contributed by atoms with Gasteiger partial charge in [-0.2, -0.15) is 0 Å². The van der Waals surface area contributed by atoms with Crippen LogP contribution in [0.4, 0.5) is 5.69 Å². The summed E-state index contributed by atoms with van der Waals surface area (Å²) in [7, 11) is 0. The summed E-state index contributed by atoms with van der Waals surface area (Å²) in [5.41, 5.74) is 0.822. The third-order valence-electron chi connectivity index (χ3n) is 3.71. The molecule has 0 radical (unpaired) electrons. The number of nitrogens with zero attached hydrogens (tertiary/aromatic N) is 1. The largest absolute Gasteiger partial charge is 0.382 e. The van der Waals surface area contributed by atoms with Crippen molar-refractivity contribution in [3.63, 3.8) is 0 Å². The molecule has 0 unspecified atom stereocenters. The van der Waals surface area contributed by atoms with Crippen LogP contribution in [0.15, 0.2) is 29.2 Å². The predicted octanol–water partition coefficient (Wildman–Crippen LogP) is 2.84. The van der Waals surface area contributed by atoms with Gasteiger partial charge in [0.1, 0.15) is 6.54 Å². The van der Waals surface area contributed by atoms with Crippen LogP contribution in [0.3, 0.4) is 0 Å². The van der Waals surface area contributed by atoms with E-state index in [0.717, 1.165) is 17.0 Å². The number of hydrogen-bond donors (Lipinski definition) is 1. The molecule has 24 heavy (non-hydrogen) atoms. The molecule has 1 aromatic carbocycles. The minimum Gasteiger partial charge on any atom is -0.382 e. The maximum absolute atomic E-state index is 12.7. The number of benzene rings is 1. The Morgan fingerprint density at radius 1 is 1.38 bits per heavy atom. The maximum atomic E-state index is 12.7. The number of amides is 2. The van der Waals surface area contributed by atoms with Crippen LogP contribution in [0.1, 0.15) is 33.6 Å². The number of fused-ring (bicyclic) bond motifs is 1. The number of hydrogen-bond acceptors (Lipinski definition) is 4. The second-order valence-electron chi connectivity index (χ2n) is 6.39. The van der Waals surface area contributed by atoms with Crippen LogP contribution in [0, 0.1) is 0 Å². The SMILES string of the molecule is CCOCCCNC(=O)CN1C(=O)CC(C)(C)Sc2ccccc21. The van der Waals surface area contributed by atoms with Crippen LogP contribution in [-0.4, -0.2) is 42.9 Å². The van der Waals surface area contributed by atoms with Crippen molar-refractivity contribution in [2.75, 3.05) is 31.2 Å². The van der Waals surface area contributed by atoms with Crippen LogP contribution < -0.4 is 10.2 Å². The van der Waals surface area contributed by atoms with Crippen molar-refractivity contribution in [2.24, 2.45) is 0 Å². The van der Waals surface area contributed by atoms with Gasteiger partial charge < -0.3 is 15.0 Å². The zero-order valence-electron chi connectivity index (χ0n) is 14.6. The first-order valence-electron chi connectivity index (χ1n) is 8.36. The Labute approximate surface area is 148 Å². The molecule has 1 aliphatic heterocycles. The standard InChI is InChI=1S/C18H26N2O3S/c1-4-23-11-7-10-19-16(21)13-20-14-8-5-6-9-15(14)24-18(2,3)12-17(20)22/h5-6,8-9H,4,7,10-13H2,1-3H3,(H,19,21). The van der Waals surface area contributed by atoms with Gasteiger partial charge in [-0.15, -0.1) is 11.8 Å². The fourth-order valence-corrected chi connectivity index (χ4v) is 3.83. The summed E-state index contributed by atoms with van der Waals surface area (Å²) in [6.07, 6.45) is 1.18. The van der Waals surface area contributed by atoms with Crippen molar-refractivity contribution in [2.45, 2.75) is 43.3 Å². The number of para-hydroxylation sites is 1. The second-order valence-corrected chi connectivity index (χ2v) is 8.14. The van der Waals surface area contributed by atoms with Crippen molar-refractivity contribution >= 4 is 29.3 Å². The molecule has 2 rings (SSSR count). The normalized spacial score (nSPS) is 16.5. The highest BCUT2D eigenvalue weighted by atomic mass is 32.2. The fourth-order valence-electron chi connectivity index (χ4n) is 2.61. The minimum absolute atomic E-state index is 0.0121. The van der Waals surface area contributed by atoms with E-state index in [9.17, 15) is 9.59 Å². The number of carbonyl (C=O) groups excluding carboxylic acids is 2. The van der Waals surface area contributed by atoms with E-state index in [2.05, 4.69) is 19.2 Å². The van der Waals surface area contributed by atoms with Gasteiger partial charge in [-0.1, -0.05) is 12.1 Å². The minimum atomic E-state index is -0.185. The van der Waals surface area contributed by atoms with Crippen LogP contribution in [0.5, 0.6) is 0 Å². The summed E-state index contributed by atoms with van der Waals surface area (Å²) in [5, 5.41) is 2.86. The molecule has 132 valence electrons. The summed E-state index contributed by atoms with van der Waals surface area (Å²) in [4.78, 5) is 27.5. The van der Waals surface area contributed by atoms with Crippen molar-refractivity contribution < 1.29 is 14.3 Å². The molecule has 0 saturated heterocycles. The third kappa shape index (κ3) is 5.24. The summed E-state index contributed by atoms with van der Waals surface area (Å²) in [6, 6.07) is 7.78. The lowest BCUT2D eigenvalue weighted by molar-refractivity contribution is -0.124. The summed E-state index contributed by atoms with van der Waals surface area (Å²) in [5.74, 6) is -0.152. The highest BCUT2D eigenvalue weighted by Gasteiger charge is 2.33. The van der Waals surface area contributed by atoms with Crippen molar-refractivity contribution in [3.05, 3.63) is 24.3 Å². The first-order valence-corrected chi connectivity index (χ1v) is 9.17. The maximum Gasteiger partial charge on any atom is 0.240 e. The van der Waals surface area contributed by atoms with E-state index < -0.39 is 0 Å². The topological polar surface area (TPSA) is 58.6 Å². The van der Waals surface area contributed by atoms with E-state index in [4.69, 9.17) is 4.74 Å². The number of nitrogens with one attached hydrogen (secondary N) is 1. The molecule has 0 aliphatic carbocycles. The Bertz CT molecular complexity index is 589. The molecule has 1 aromatic rings. The van der Waals surface area contributed by atoms with E-state index in [1.165, 1.54) is 0 Å². The number of anilines is 1. The molecule has 0 spiro atoms. The summed E-state index contributed by atoms with van der Waals surface area (Å²) >= 11 is 1.69. The van der Waals surface area contributed by atoms with Gasteiger partial charge in [-0.3, -0.25) is 9.59 Å². The Hall–Kier alpha value is -1.53. The Balaban J connectivity index is 2.03. The van der Waals surface area contributed by atoms with Crippen LogP contribution >= 0.6 is 11.8 Å². The molecule has 0 bridgehead atoms. The number of thioether (sulfide) groups is 1. The van der Waals surface area contributed by atoms with Gasteiger partial charge in [0.2, 0.25) is 11.8 Å². The quantitative estimate of drug-likeness (QED) is 0.768. The van der Waals surface area contributed by atoms with Gasteiger partial charge >= 0.3 is 0 Å². The van der Waals surface area contributed by atoms with Crippen LogP contribution in [0.2, 0.25) is 0 Å². The number of rotatable bonds is 7. The lowest BCUT2D eigenvalue weighted by atomic mass is 10.1. The van der Waals surface area contributed by atoms with Crippen LogP contribution in [-0.2, 0) is 14.3 Å². The van der Waals surface area contributed by atoms with E-state index in [0.29, 0.717) is 26.2 Å². The predicted molar refractivity (Wildman–Crippen MR) is 97.5 cm³/mol. The molecule has 1 N–H and O–H groups in total. The lowest BCUT2D eigenvalue weighted by Gasteiger charge is -2.22. The highest BCUT2D eigenvalue weighted by Crippen LogP contribution is 2.43. The number of carbonyl (C=O) groups is 2. The molecule has 1 aliphatic rings. The van der Waals surface area contributed by atoms with Crippen molar-refractivity contribution in [1.82, 2.24) is 5.32 Å². The van der Waals surface area contributed by atoms with Crippen LogP contribution in [0.25, 0.3) is 0 Å². The average Bonchev–Trinajstić information content (AvgIpc) is 2.61. The molecule has 0 aromatic heterocycles. The molecular formula is C18H26N2O3S. The molecular weight excluding hydrogens is 324 g/mol. The Kier molecular flexibility index (Phi) is 6.69. The molecule has 0 atom stereocenters. The van der Waals surface area contributed by atoms with Gasteiger partial charge in [0.05, 0.1) is 5.69 Å². The zero-order valence-corrected chi connectivity index (χ0v) is 15.4. The first-order chi connectivity index (χ1) is 11.4. The summed E-state index contributed by atoms with van der Waals surface area (Å²) in [6.45, 7) is 7.99. The molecule has 5 nitrogen and oxygen atoms in total. The molecule has 1 heterocycles. The molecule has 0 fully saturated rings. The highest BCUT2D eigenvalue weighted by molar-refractivity contribution is 8.00. The number of ether oxygens (including phenoxy) is 1. The van der Waals surface area contributed by atoms with E-state index in [-0.39, 0.29) is 23.1 Å². The zero-order chi connectivity index (χ0) is 17.6. The van der Waals surface area contributed by atoms with E-state index in [1.807, 2.05) is 31.2 Å². The monoisotopic (exact) mass is 350 g/mol. The lowest BCUT2D eigenvalue weighted by Crippen LogP contribution is -2.42. The molecule has 2 amide bonds. The van der Waals surface area contributed by atoms with E-state index >= 15 is 0 Å². The third-order valence-corrected chi connectivity index (χ3v) is 4.98. The molecule has 6 heteroatoms. The van der Waals surface area contributed by atoms with Crippen molar-refractivity contribution in [3.8, 4) is 0 Å². The van der Waals surface area contributed by atoms with Gasteiger partial charge in [-0.25, -0.2) is 0 Å². The smallest absolute Gasteiger partial charge is 0.240 e. The summed E-state index contributed by atoms with van der Waals surface area (Å²) < 4.78 is 5.07. The Morgan fingerprint density at radius 3 is 2.88 bits per heavy atom. The average molecular weight is 350 g/mol. The van der Waals surface area contributed by atoms with Crippen molar-refractivity contribution in [1.29, 1.82) is 0 Å². The first kappa shape index (κ1) is 18.8. The fraction of sp³-hybridized carbons (Fsp3) is 0.556. The molecule has 0 saturated carbocycles. The second kappa shape index (κ2) is 8.53.